The molecule has 0 unspecified atom stereocenters. The van der Waals surface area contributed by atoms with Gasteiger partial charge >= 0.3 is 0 Å². The molecule has 1 heterocycles. The molecule has 0 aliphatic carbocycles. The Labute approximate surface area is 132 Å². The van der Waals surface area contributed by atoms with Crippen molar-refractivity contribution in [3.63, 3.8) is 0 Å². The van der Waals surface area contributed by atoms with Gasteiger partial charge in [-0.2, -0.15) is 0 Å². The molecule has 1 saturated heterocycles. The third kappa shape index (κ3) is 3.74. The van der Waals surface area contributed by atoms with Crippen LogP contribution >= 0.6 is 0 Å². The molecule has 3 nitrogen and oxygen atoms in total. The second-order valence-electron chi connectivity index (χ2n) is 6.39. The number of hydrogen-bond donors (Lipinski definition) is 1. The van der Waals surface area contributed by atoms with Crippen LogP contribution in [-0.2, 0) is 16.1 Å². The summed E-state index contributed by atoms with van der Waals surface area (Å²) in [5, 5.41) is 3.52. The van der Waals surface area contributed by atoms with Crippen LogP contribution in [0.2, 0.25) is 0 Å². The van der Waals surface area contributed by atoms with E-state index in [0.717, 1.165) is 5.56 Å². The van der Waals surface area contributed by atoms with Crippen molar-refractivity contribution in [3.05, 3.63) is 71.8 Å². The van der Waals surface area contributed by atoms with E-state index >= 15 is 0 Å². The lowest BCUT2D eigenvalue weighted by Gasteiger charge is -2.26. The van der Waals surface area contributed by atoms with Gasteiger partial charge in [-0.15, -0.1) is 0 Å². The predicted molar refractivity (Wildman–Crippen MR) is 87.4 cm³/mol. The summed E-state index contributed by atoms with van der Waals surface area (Å²) >= 11 is 0. The summed E-state index contributed by atoms with van der Waals surface area (Å²) in [7, 11) is 0. The van der Waals surface area contributed by atoms with Gasteiger partial charge in [-0.25, -0.2) is 0 Å². The van der Waals surface area contributed by atoms with Gasteiger partial charge in [-0.05, 0) is 25.0 Å². The molecule has 3 rings (SSSR count). The maximum atomic E-state index is 6.20. The first kappa shape index (κ1) is 15.2. The highest BCUT2D eigenvalue weighted by Crippen LogP contribution is 2.29. The highest BCUT2D eigenvalue weighted by atomic mass is 16.6. The molecule has 2 aromatic rings. The maximum Gasteiger partial charge on any atom is 0.139 e. The molecule has 2 aromatic carbocycles. The predicted octanol–water partition coefficient (Wildman–Crippen LogP) is 3.67. The van der Waals surface area contributed by atoms with Gasteiger partial charge in [-0.1, -0.05) is 60.7 Å². The summed E-state index contributed by atoms with van der Waals surface area (Å²) in [4.78, 5) is 0. The lowest BCUT2D eigenvalue weighted by molar-refractivity contribution is -0.0656. The highest BCUT2D eigenvalue weighted by Gasteiger charge is 2.37. The van der Waals surface area contributed by atoms with E-state index in [1.54, 1.807) is 0 Å². The van der Waals surface area contributed by atoms with E-state index < -0.39 is 0 Å². The van der Waals surface area contributed by atoms with Crippen LogP contribution in [0.3, 0.4) is 0 Å². The van der Waals surface area contributed by atoms with Gasteiger partial charge in [-0.3, -0.25) is 5.32 Å². The Hall–Kier alpha value is -1.68. The molecule has 0 bridgehead atoms. The molecule has 116 valence electrons. The zero-order valence-electron chi connectivity index (χ0n) is 13.2. The van der Waals surface area contributed by atoms with Gasteiger partial charge in [0, 0.05) is 5.54 Å². The van der Waals surface area contributed by atoms with Crippen molar-refractivity contribution < 1.29 is 9.47 Å². The zero-order chi connectivity index (χ0) is 15.4. The van der Waals surface area contributed by atoms with Gasteiger partial charge in [0.15, 0.2) is 0 Å². The van der Waals surface area contributed by atoms with Gasteiger partial charge < -0.3 is 9.47 Å². The van der Waals surface area contributed by atoms with Crippen molar-refractivity contribution in [2.75, 3.05) is 6.61 Å². The van der Waals surface area contributed by atoms with E-state index in [9.17, 15) is 0 Å². The summed E-state index contributed by atoms with van der Waals surface area (Å²) in [6, 6.07) is 20.5. The Balaban J connectivity index is 1.75. The summed E-state index contributed by atoms with van der Waals surface area (Å²) in [6.07, 6.45) is -0.246. The number of nitrogens with one attached hydrogen (secondary N) is 1. The van der Waals surface area contributed by atoms with E-state index in [-0.39, 0.29) is 17.9 Å². The van der Waals surface area contributed by atoms with E-state index in [1.165, 1.54) is 5.56 Å². The first-order valence-corrected chi connectivity index (χ1v) is 7.74. The summed E-state index contributed by atoms with van der Waals surface area (Å²) in [5.41, 5.74) is 2.28. The minimum Gasteiger partial charge on any atom is -0.365 e. The van der Waals surface area contributed by atoms with Crippen LogP contribution in [0.4, 0.5) is 0 Å². The van der Waals surface area contributed by atoms with Crippen LogP contribution in [0.1, 0.15) is 31.1 Å². The van der Waals surface area contributed by atoms with Crippen LogP contribution in [0, 0.1) is 0 Å². The maximum absolute atomic E-state index is 6.20. The fourth-order valence-electron chi connectivity index (χ4n) is 2.69. The molecule has 3 heteroatoms. The first-order chi connectivity index (χ1) is 10.6. The van der Waals surface area contributed by atoms with E-state index in [2.05, 4.69) is 43.4 Å². The van der Waals surface area contributed by atoms with Crippen molar-refractivity contribution in [2.45, 2.75) is 38.3 Å². The Bertz CT molecular complexity index is 583. The fraction of sp³-hybridized carbons (Fsp3) is 0.368. The largest absolute Gasteiger partial charge is 0.365 e. The van der Waals surface area contributed by atoms with Crippen LogP contribution < -0.4 is 5.32 Å². The number of hydrogen-bond acceptors (Lipinski definition) is 3. The second-order valence-corrected chi connectivity index (χ2v) is 6.39. The lowest BCUT2D eigenvalue weighted by Crippen LogP contribution is -2.42. The molecule has 2 atom stereocenters. The highest BCUT2D eigenvalue weighted by molar-refractivity contribution is 5.20. The average molecular weight is 297 g/mol. The van der Waals surface area contributed by atoms with Crippen molar-refractivity contribution in [3.8, 4) is 0 Å². The molecule has 1 N–H and O–H groups in total. The van der Waals surface area contributed by atoms with Gasteiger partial charge in [0.1, 0.15) is 12.3 Å². The van der Waals surface area contributed by atoms with Crippen molar-refractivity contribution in [2.24, 2.45) is 0 Å². The Morgan fingerprint density at radius 1 is 1.09 bits per heavy atom. The van der Waals surface area contributed by atoms with E-state index in [4.69, 9.17) is 9.47 Å². The van der Waals surface area contributed by atoms with Crippen LogP contribution in [-0.4, -0.2) is 18.4 Å². The van der Waals surface area contributed by atoms with Crippen molar-refractivity contribution in [1.82, 2.24) is 5.32 Å². The lowest BCUT2D eigenvalue weighted by atomic mass is 10.1. The van der Waals surface area contributed by atoms with Gasteiger partial charge in [0.25, 0.3) is 0 Å². The van der Waals surface area contributed by atoms with Crippen LogP contribution in [0.5, 0.6) is 0 Å². The Kier molecular flexibility index (Phi) is 4.57. The average Bonchev–Trinajstić information content (AvgIpc) is 2.89. The number of benzene rings is 2. The standard InChI is InChI=1S/C19H23NO2/c1-19(2)14-22-18(20-19)17(16-11-7-4-8-12-16)21-13-15-9-5-3-6-10-15/h3-12,17-18,20H,13-14H2,1-2H3/t17-,18+/m0/s1. The number of ether oxygens (including phenoxy) is 2. The second kappa shape index (κ2) is 6.61. The molecule has 1 aliphatic rings. The fourth-order valence-corrected chi connectivity index (χ4v) is 2.69. The molecule has 0 radical (unpaired) electrons. The summed E-state index contributed by atoms with van der Waals surface area (Å²) in [6.45, 7) is 5.55. The SMILES string of the molecule is CC1(C)CO[C@H]([C@@H](OCc2ccccc2)c2ccccc2)N1. The smallest absolute Gasteiger partial charge is 0.139 e. The molecule has 0 aromatic heterocycles. The third-order valence-electron chi connectivity index (χ3n) is 3.83. The van der Waals surface area contributed by atoms with E-state index in [0.29, 0.717) is 13.2 Å². The minimum atomic E-state index is -0.124. The number of rotatable bonds is 5. The Morgan fingerprint density at radius 2 is 1.73 bits per heavy atom. The monoisotopic (exact) mass is 297 g/mol. The van der Waals surface area contributed by atoms with Crippen molar-refractivity contribution >= 4 is 0 Å². The third-order valence-corrected chi connectivity index (χ3v) is 3.83. The Morgan fingerprint density at radius 3 is 2.32 bits per heavy atom. The van der Waals surface area contributed by atoms with Crippen molar-refractivity contribution in [1.29, 1.82) is 0 Å². The molecule has 0 spiro atoms. The molecule has 1 fully saturated rings. The molecular weight excluding hydrogens is 274 g/mol. The van der Waals surface area contributed by atoms with Crippen LogP contribution in [0.25, 0.3) is 0 Å². The molecule has 0 saturated carbocycles. The first-order valence-electron chi connectivity index (χ1n) is 7.74. The normalized spacial score (nSPS) is 21.6. The molecule has 1 aliphatic heterocycles. The quantitative estimate of drug-likeness (QED) is 0.913. The minimum absolute atomic E-state index is 0.0200. The topological polar surface area (TPSA) is 30.5 Å². The summed E-state index contributed by atoms with van der Waals surface area (Å²) < 4.78 is 12.1. The van der Waals surface area contributed by atoms with Gasteiger partial charge in [0.05, 0.1) is 13.2 Å². The molecule has 22 heavy (non-hydrogen) atoms. The van der Waals surface area contributed by atoms with Crippen LogP contribution in [0.15, 0.2) is 60.7 Å². The molecule has 0 amide bonds. The van der Waals surface area contributed by atoms with E-state index in [1.807, 2.05) is 36.4 Å². The van der Waals surface area contributed by atoms with Gasteiger partial charge in [0.2, 0.25) is 0 Å². The summed E-state index contributed by atoms with van der Waals surface area (Å²) in [5.74, 6) is 0. The zero-order valence-corrected chi connectivity index (χ0v) is 13.2. The molecular formula is C19H23NO2.